The van der Waals surface area contributed by atoms with Gasteiger partial charge in [-0.25, -0.2) is 0 Å². The molecule has 4 heteroatoms. The number of piperidine rings is 1. The zero-order chi connectivity index (χ0) is 19.4. The molecular weight excluding hydrogens is 312 g/mol. The van der Waals surface area contributed by atoms with Crippen LogP contribution in [0.2, 0.25) is 0 Å². The molecule has 0 bridgehead atoms. The lowest BCUT2D eigenvalue weighted by Crippen LogP contribution is -2.42. The van der Waals surface area contributed by atoms with Crippen LogP contribution in [0.1, 0.15) is 73.6 Å². The molecule has 0 aromatic rings. The first kappa shape index (κ1) is 24.1. The second-order valence-electron chi connectivity index (χ2n) is 8.32. The molecular formula is C21H42N2O2. The average Bonchev–Trinajstić information content (AvgIpc) is 2.55. The van der Waals surface area contributed by atoms with Crippen molar-refractivity contribution in [3.8, 4) is 0 Å². The molecule has 1 fully saturated rings. The molecule has 1 amide bonds. The number of carbonyl (C=O) groups is 2. The Morgan fingerprint density at radius 2 is 1.60 bits per heavy atom. The van der Waals surface area contributed by atoms with Crippen LogP contribution in [0.3, 0.4) is 0 Å². The normalized spacial score (nSPS) is 16.6. The van der Waals surface area contributed by atoms with Gasteiger partial charge in [0.2, 0.25) is 5.91 Å². The molecule has 1 rings (SSSR count). The van der Waals surface area contributed by atoms with Gasteiger partial charge in [0.1, 0.15) is 5.78 Å². The van der Waals surface area contributed by atoms with Crippen molar-refractivity contribution in [1.82, 2.24) is 10.2 Å². The molecule has 1 unspecified atom stereocenters. The number of rotatable bonds is 8. The molecule has 1 aliphatic heterocycles. The van der Waals surface area contributed by atoms with Gasteiger partial charge >= 0.3 is 0 Å². The first-order valence-corrected chi connectivity index (χ1v) is 10.2. The maximum absolute atomic E-state index is 12.5. The van der Waals surface area contributed by atoms with Crippen LogP contribution in [0.4, 0.5) is 0 Å². The van der Waals surface area contributed by atoms with Crippen molar-refractivity contribution >= 4 is 11.7 Å². The Hall–Kier alpha value is -0.900. The van der Waals surface area contributed by atoms with E-state index < -0.39 is 0 Å². The van der Waals surface area contributed by atoms with Crippen molar-refractivity contribution < 1.29 is 9.59 Å². The molecule has 0 aromatic carbocycles. The van der Waals surface area contributed by atoms with Crippen LogP contribution in [0, 0.1) is 23.7 Å². The van der Waals surface area contributed by atoms with Crippen molar-refractivity contribution in [1.29, 1.82) is 0 Å². The monoisotopic (exact) mass is 354 g/mol. The third kappa shape index (κ3) is 10.6. The summed E-state index contributed by atoms with van der Waals surface area (Å²) in [5.41, 5.74) is 0. The van der Waals surface area contributed by atoms with Gasteiger partial charge in [-0.05, 0) is 51.1 Å². The van der Waals surface area contributed by atoms with Crippen LogP contribution >= 0.6 is 0 Å². The van der Waals surface area contributed by atoms with E-state index in [1.165, 1.54) is 0 Å². The fourth-order valence-corrected chi connectivity index (χ4v) is 2.96. The Bertz CT molecular complexity index is 369. The number of hydrogen-bond acceptors (Lipinski definition) is 3. The van der Waals surface area contributed by atoms with Gasteiger partial charge in [0, 0.05) is 31.3 Å². The van der Waals surface area contributed by atoms with Crippen LogP contribution < -0.4 is 5.32 Å². The highest BCUT2D eigenvalue weighted by Crippen LogP contribution is 2.24. The number of ketones is 1. The predicted molar refractivity (Wildman–Crippen MR) is 107 cm³/mol. The van der Waals surface area contributed by atoms with E-state index in [0.717, 1.165) is 51.2 Å². The molecule has 1 aliphatic rings. The molecule has 0 aromatic heterocycles. The molecule has 1 N–H and O–H groups in total. The van der Waals surface area contributed by atoms with E-state index in [2.05, 4.69) is 33.0 Å². The highest BCUT2D eigenvalue weighted by molar-refractivity contribution is 5.81. The van der Waals surface area contributed by atoms with Gasteiger partial charge in [-0.1, -0.05) is 41.5 Å². The van der Waals surface area contributed by atoms with E-state index in [-0.39, 0.29) is 11.8 Å². The van der Waals surface area contributed by atoms with Crippen LogP contribution in [0.25, 0.3) is 0 Å². The van der Waals surface area contributed by atoms with E-state index in [1.54, 1.807) is 0 Å². The number of carbonyl (C=O) groups excluding carboxylic acids is 2. The van der Waals surface area contributed by atoms with Crippen LogP contribution in [0.15, 0.2) is 0 Å². The van der Waals surface area contributed by atoms with E-state index in [4.69, 9.17) is 0 Å². The summed E-state index contributed by atoms with van der Waals surface area (Å²) in [7, 11) is 1.93. The summed E-state index contributed by atoms with van der Waals surface area (Å²) < 4.78 is 0. The van der Waals surface area contributed by atoms with Crippen LogP contribution in [0.5, 0.6) is 0 Å². The summed E-state index contributed by atoms with van der Waals surface area (Å²) in [6, 6.07) is 0. The van der Waals surface area contributed by atoms with E-state index in [0.29, 0.717) is 24.0 Å². The van der Waals surface area contributed by atoms with Gasteiger partial charge in [0.05, 0.1) is 0 Å². The average molecular weight is 355 g/mol. The summed E-state index contributed by atoms with van der Waals surface area (Å²) in [5, 5.41) is 3.12. The van der Waals surface area contributed by atoms with Crippen molar-refractivity contribution in [3.63, 3.8) is 0 Å². The van der Waals surface area contributed by atoms with Gasteiger partial charge in [-0.3, -0.25) is 9.59 Å². The van der Waals surface area contributed by atoms with Crippen molar-refractivity contribution in [3.05, 3.63) is 0 Å². The summed E-state index contributed by atoms with van der Waals surface area (Å²) in [6.07, 6.45) is 4.47. The Morgan fingerprint density at radius 3 is 2.00 bits per heavy atom. The Labute approximate surface area is 156 Å². The quantitative estimate of drug-likeness (QED) is 0.713. The van der Waals surface area contributed by atoms with E-state index in [1.807, 2.05) is 25.8 Å². The first-order chi connectivity index (χ1) is 11.7. The van der Waals surface area contributed by atoms with Crippen molar-refractivity contribution in [2.45, 2.75) is 73.6 Å². The second-order valence-corrected chi connectivity index (χ2v) is 8.32. The molecule has 1 saturated heterocycles. The predicted octanol–water partition coefficient (Wildman–Crippen LogP) is 4.14. The lowest BCUT2D eigenvalue weighted by molar-refractivity contribution is -0.137. The number of nitrogens with one attached hydrogen (secondary N) is 1. The van der Waals surface area contributed by atoms with Gasteiger partial charge < -0.3 is 10.2 Å². The largest absolute Gasteiger partial charge is 0.342 e. The van der Waals surface area contributed by atoms with Gasteiger partial charge in [-0.15, -0.1) is 0 Å². The summed E-state index contributed by atoms with van der Waals surface area (Å²) in [4.78, 5) is 26.3. The lowest BCUT2D eigenvalue weighted by atomic mass is 9.88. The third-order valence-corrected chi connectivity index (χ3v) is 4.64. The topological polar surface area (TPSA) is 49.4 Å². The van der Waals surface area contributed by atoms with Crippen LogP contribution in [-0.2, 0) is 9.59 Å². The molecule has 148 valence electrons. The maximum atomic E-state index is 12.5. The SMILES string of the molecule is CC(C)C.CCC(CCNC)C(=O)N1CCC(CC(=O)C(C)C)CC1. The molecule has 1 atom stereocenters. The molecule has 1 heterocycles. The van der Waals surface area contributed by atoms with Crippen molar-refractivity contribution in [2.24, 2.45) is 23.7 Å². The first-order valence-electron chi connectivity index (χ1n) is 10.2. The second kappa shape index (κ2) is 13.3. The number of nitrogens with zero attached hydrogens (tertiary/aromatic N) is 1. The zero-order valence-corrected chi connectivity index (χ0v) is 17.7. The minimum atomic E-state index is 0.135. The molecule has 4 nitrogen and oxygen atoms in total. The smallest absolute Gasteiger partial charge is 0.225 e. The highest BCUT2D eigenvalue weighted by Gasteiger charge is 2.28. The number of amides is 1. The maximum Gasteiger partial charge on any atom is 0.225 e. The summed E-state index contributed by atoms with van der Waals surface area (Å²) in [5.74, 6) is 2.25. The molecule has 0 saturated carbocycles. The fraction of sp³-hybridized carbons (Fsp3) is 0.905. The fourth-order valence-electron chi connectivity index (χ4n) is 2.96. The van der Waals surface area contributed by atoms with Gasteiger partial charge in [0.15, 0.2) is 0 Å². The van der Waals surface area contributed by atoms with E-state index in [9.17, 15) is 9.59 Å². The molecule has 0 aliphatic carbocycles. The standard InChI is InChI=1S/C17H32N2O2.C4H10/c1-5-15(6-9-18-4)17(21)19-10-7-14(8-11-19)12-16(20)13(2)3;1-4(2)3/h13-15,18H,5-12H2,1-4H3;4H,1-3H3. The minimum Gasteiger partial charge on any atom is -0.342 e. The molecule has 0 radical (unpaired) electrons. The van der Waals surface area contributed by atoms with Crippen molar-refractivity contribution in [2.75, 3.05) is 26.7 Å². The Balaban J connectivity index is 0.00000129. The van der Waals surface area contributed by atoms with Crippen LogP contribution in [-0.4, -0.2) is 43.3 Å². The zero-order valence-electron chi connectivity index (χ0n) is 17.7. The number of likely N-dealkylation sites (tertiary alicyclic amines) is 1. The Kier molecular flexibility index (Phi) is 12.8. The molecule has 0 spiro atoms. The Morgan fingerprint density at radius 1 is 1.08 bits per heavy atom. The number of Topliss-reactive ketones (excluding diaryl/α,β-unsaturated/α-hetero) is 1. The lowest BCUT2D eigenvalue weighted by Gasteiger charge is -2.34. The van der Waals surface area contributed by atoms with E-state index >= 15 is 0 Å². The van der Waals surface area contributed by atoms with Gasteiger partial charge in [-0.2, -0.15) is 0 Å². The molecule has 25 heavy (non-hydrogen) atoms. The summed E-state index contributed by atoms with van der Waals surface area (Å²) in [6.45, 7) is 15.1. The third-order valence-electron chi connectivity index (χ3n) is 4.64. The highest BCUT2D eigenvalue weighted by atomic mass is 16.2. The summed E-state index contributed by atoms with van der Waals surface area (Å²) >= 11 is 0. The minimum absolute atomic E-state index is 0.135. The van der Waals surface area contributed by atoms with Gasteiger partial charge in [0.25, 0.3) is 0 Å². The number of hydrogen-bond donors (Lipinski definition) is 1.